The van der Waals surface area contributed by atoms with Crippen molar-refractivity contribution in [2.45, 2.75) is 6.92 Å². The molecule has 1 aromatic heterocycles. The smallest absolute Gasteiger partial charge is 0.255 e. The van der Waals surface area contributed by atoms with Crippen LogP contribution in [0.25, 0.3) is 0 Å². The Hall–Kier alpha value is -2.89. The average Bonchev–Trinajstić information content (AvgIpc) is 2.41. The van der Waals surface area contributed by atoms with Gasteiger partial charge in [0.05, 0.1) is 5.69 Å². The van der Waals surface area contributed by atoms with Gasteiger partial charge >= 0.3 is 0 Å². The number of anilines is 2. The molecule has 0 fully saturated rings. The summed E-state index contributed by atoms with van der Waals surface area (Å²) in [7, 11) is 0. The molecule has 0 atom stereocenters. The van der Waals surface area contributed by atoms with Crippen LogP contribution in [0.4, 0.5) is 11.5 Å². The number of pyridine rings is 1. The number of aromatic nitrogens is 1. The number of phenolic OH excluding ortho intramolecular Hbond substituents is 1. The molecule has 0 aliphatic carbocycles. The SMILES string of the molecule is CC(=O)Nc1cc(C(=O)Nc2ccccc2O)ccn1. The predicted octanol–water partition coefficient (Wildman–Crippen LogP) is 2.00. The topological polar surface area (TPSA) is 91.3 Å². The fourth-order valence-electron chi connectivity index (χ4n) is 1.59. The van der Waals surface area contributed by atoms with Gasteiger partial charge in [-0.1, -0.05) is 12.1 Å². The van der Waals surface area contributed by atoms with E-state index in [0.29, 0.717) is 17.1 Å². The molecular formula is C14H13N3O3. The number of benzene rings is 1. The van der Waals surface area contributed by atoms with E-state index >= 15 is 0 Å². The maximum Gasteiger partial charge on any atom is 0.255 e. The second kappa shape index (κ2) is 5.83. The van der Waals surface area contributed by atoms with E-state index < -0.39 is 5.91 Å². The Labute approximate surface area is 115 Å². The lowest BCUT2D eigenvalue weighted by Crippen LogP contribution is -2.14. The van der Waals surface area contributed by atoms with Crippen molar-refractivity contribution in [2.75, 3.05) is 10.6 Å². The number of para-hydroxylation sites is 2. The minimum Gasteiger partial charge on any atom is -0.506 e. The van der Waals surface area contributed by atoms with Crippen LogP contribution < -0.4 is 10.6 Å². The summed E-state index contributed by atoms with van der Waals surface area (Å²) in [5, 5.41) is 14.7. The fraction of sp³-hybridized carbons (Fsp3) is 0.0714. The van der Waals surface area contributed by atoms with E-state index in [1.165, 1.54) is 31.3 Å². The number of carbonyl (C=O) groups excluding carboxylic acids is 2. The van der Waals surface area contributed by atoms with Crippen molar-refractivity contribution in [3.63, 3.8) is 0 Å². The van der Waals surface area contributed by atoms with Gasteiger partial charge in [0.25, 0.3) is 5.91 Å². The molecule has 1 aromatic carbocycles. The number of nitrogens with zero attached hydrogens (tertiary/aromatic N) is 1. The standard InChI is InChI=1S/C14H13N3O3/c1-9(18)16-13-8-10(6-7-15-13)14(20)17-11-4-2-3-5-12(11)19/h2-8,19H,1H3,(H,17,20)(H,15,16,18). The van der Waals surface area contributed by atoms with Gasteiger partial charge in [0, 0.05) is 18.7 Å². The van der Waals surface area contributed by atoms with Crippen LogP contribution in [-0.4, -0.2) is 21.9 Å². The molecule has 102 valence electrons. The Morgan fingerprint density at radius 2 is 1.90 bits per heavy atom. The van der Waals surface area contributed by atoms with E-state index in [2.05, 4.69) is 15.6 Å². The molecule has 0 saturated heterocycles. The first-order chi connectivity index (χ1) is 9.56. The second-order valence-electron chi connectivity index (χ2n) is 4.08. The number of nitrogens with one attached hydrogen (secondary N) is 2. The number of amides is 2. The van der Waals surface area contributed by atoms with E-state index in [-0.39, 0.29) is 11.7 Å². The van der Waals surface area contributed by atoms with Crippen molar-refractivity contribution in [2.24, 2.45) is 0 Å². The third-order valence-corrected chi connectivity index (χ3v) is 2.48. The van der Waals surface area contributed by atoms with E-state index in [1.807, 2.05) is 0 Å². The second-order valence-corrected chi connectivity index (χ2v) is 4.08. The molecule has 6 nitrogen and oxygen atoms in total. The van der Waals surface area contributed by atoms with Crippen molar-refractivity contribution in [1.29, 1.82) is 0 Å². The maximum absolute atomic E-state index is 12.0. The number of phenols is 1. The lowest BCUT2D eigenvalue weighted by molar-refractivity contribution is -0.114. The molecule has 6 heteroatoms. The Morgan fingerprint density at radius 1 is 1.15 bits per heavy atom. The van der Waals surface area contributed by atoms with Gasteiger partial charge in [-0.15, -0.1) is 0 Å². The molecule has 1 heterocycles. The molecule has 2 rings (SSSR count). The largest absolute Gasteiger partial charge is 0.506 e. The first-order valence-electron chi connectivity index (χ1n) is 5.89. The first kappa shape index (κ1) is 13.5. The van der Waals surface area contributed by atoms with Crippen LogP contribution in [0.15, 0.2) is 42.6 Å². The summed E-state index contributed by atoms with van der Waals surface area (Å²) >= 11 is 0. The van der Waals surface area contributed by atoms with Crippen LogP contribution in [0.3, 0.4) is 0 Å². The van der Waals surface area contributed by atoms with Gasteiger partial charge in [0.1, 0.15) is 11.6 Å². The van der Waals surface area contributed by atoms with E-state index in [9.17, 15) is 14.7 Å². The predicted molar refractivity (Wildman–Crippen MR) is 74.6 cm³/mol. The molecule has 0 unspecified atom stereocenters. The molecule has 0 spiro atoms. The highest BCUT2D eigenvalue weighted by molar-refractivity contribution is 6.05. The van der Waals surface area contributed by atoms with Gasteiger partial charge in [-0.3, -0.25) is 9.59 Å². The van der Waals surface area contributed by atoms with Crippen molar-refractivity contribution in [3.05, 3.63) is 48.2 Å². The zero-order valence-electron chi connectivity index (χ0n) is 10.8. The highest BCUT2D eigenvalue weighted by Crippen LogP contribution is 2.22. The zero-order chi connectivity index (χ0) is 14.5. The van der Waals surface area contributed by atoms with Crippen molar-refractivity contribution < 1.29 is 14.7 Å². The van der Waals surface area contributed by atoms with E-state index in [4.69, 9.17) is 0 Å². The number of aromatic hydroxyl groups is 1. The Bertz CT molecular complexity index is 656. The third-order valence-electron chi connectivity index (χ3n) is 2.48. The Balaban J connectivity index is 2.17. The molecular weight excluding hydrogens is 258 g/mol. The van der Waals surface area contributed by atoms with Crippen molar-refractivity contribution >= 4 is 23.3 Å². The summed E-state index contributed by atoms with van der Waals surface area (Å²) in [6.45, 7) is 1.36. The fourth-order valence-corrected chi connectivity index (χ4v) is 1.59. The van der Waals surface area contributed by atoms with Gasteiger partial charge in [-0.05, 0) is 24.3 Å². The monoisotopic (exact) mass is 271 g/mol. The number of rotatable bonds is 3. The molecule has 0 aliphatic heterocycles. The number of carbonyl (C=O) groups is 2. The van der Waals surface area contributed by atoms with Crippen LogP contribution in [-0.2, 0) is 4.79 Å². The van der Waals surface area contributed by atoms with E-state index in [1.54, 1.807) is 18.2 Å². The van der Waals surface area contributed by atoms with Crippen LogP contribution in [0.1, 0.15) is 17.3 Å². The normalized spacial score (nSPS) is 9.85. The quantitative estimate of drug-likeness (QED) is 0.744. The summed E-state index contributed by atoms with van der Waals surface area (Å²) in [5.74, 6) is -0.393. The van der Waals surface area contributed by atoms with Gasteiger partial charge < -0.3 is 15.7 Å². The zero-order valence-corrected chi connectivity index (χ0v) is 10.8. The molecule has 20 heavy (non-hydrogen) atoms. The highest BCUT2D eigenvalue weighted by atomic mass is 16.3. The number of hydrogen-bond acceptors (Lipinski definition) is 4. The van der Waals surface area contributed by atoms with Crippen LogP contribution in [0.5, 0.6) is 5.75 Å². The molecule has 3 N–H and O–H groups in total. The maximum atomic E-state index is 12.0. The first-order valence-corrected chi connectivity index (χ1v) is 5.89. The van der Waals surface area contributed by atoms with Gasteiger partial charge in [0.15, 0.2) is 0 Å². The molecule has 0 saturated carbocycles. The molecule has 0 bridgehead atoms. The minimum atomic E-state index is -0.402. The minimum absolute atomic E-state index is 0.0167. The number of hydrogen-bond donors (Lipinski definition) is 3. The van der Waals surface area contributed by atoms with Crippen LogP contribution in [0, 0.1) is 0 Å². The summed E-state index contributed by atoms with van der Waals surface area (Å²) in [5.41, 5.74) is 0.641. The summed E-state index contributed by atoms with van der Waals surface area (Å²) in [6, 6.07) is 9.39. The summed E-state index contributed by atoms with van der Waals surface area (Å²) < 4.78 is 0. The highest BCUT2D eigenvalue weighted by Gasteiger charge is 2.09. The lowest BCUT2D eigenvalue weighted by atomic mass is 10.2. The Kier molecular flexibility index (Phi) is 3.95. The summed E-state index contributed by atoms with van der Waals surface area (Å²) in [6.07, 6.45) is 1.42. The average molecular weight is 271 g/mol. The third kappa shape index (κ3) is 3.32. The molecule has 2 amide bonds. The molecule has 0 aliphatic rings. The van der Waals surface area contributed by atoms with Gasteiger partial charge in [0.2, 0.25) is 5.91 Å². The van der Waals surface area contributed by atoms with Crippen LogP contribution >= 0.6 is 0 Å². The van der Waals surface area contributed by atoms with Crippen molar-refractivity contribution in [1.82, 2.24) is 4.98 Å². The molecule has 2 aromatic rings. The Morgan fingerprint density at radius 3 is 2.60 bits per heavy atom. The lowest BCUT2D eigenvalue weighted by Gasteiger charge is -2.08. The molecule has 0 radical (unpaired) electrons. The van der Waals surface area contributed by atoms with Crippen molar-refractivity contribution in [3.8, 4) is 5.75 Å². The van der Waals surface area contributed by atoms with Crippen LogP contribution in [0.2, 0.25) is 0 Å². The van der Waals surface area contributed by atoms with Gasteiger partial charge in [-0.25, -0.2) is 4.98 Å². The summed E-state index contributed by atoms with van der Waals surface area (Å²) in [4.78, 5) is 26.9. The van der Waals surface area contributed by atoms with E-state index in [0.717, 1.165) is 0 Å². The van der Waals surface area contributed by atoms with Gasteiger partial charge in [-0.2, -0.15) is 0 Å².